The van der Waals surface area contributed by atoms with E-state index in [-0.39, 0.29) is 6.42 Å². The molecule has 0 aliphatic rings. The molecule has 1 aromatic carbocycles. The highest BCUT2D eigenvalue weighted by atomic mass is 16.5. The van der Waals surface area contributed by atoms with Crippen LogP contribution in [0.4, 0.5) is 0 Å². The van der Waals surface area contributed by atoms with Gasteiger partial charge in [0.25, 0.3) is 0 Å². The van der Waals surface area contributed by atoms with Crippen LogP contribution >= 0.6 is 0 Å². The van der Waals surface area contributed by atoms with Gasteiger partial charge in [0.05, 0.1) is 7.11 Å². The van der Waals surface area contributed by atoms with Gasteiger partial charge in [0.1, 0.15) is 11.8 Å². The van der Waals surface area contributed by atoms with Crippen LogP contribution in [0.3, 0.4) is 0 Å². The maximum atomic E-state index is 10.7. The van der Waals surface area contributed by atoms with E-state index < -0.39 is 18.0 Å². The smallest absolute Gasteiger partial charge is 0.328 e. The Labute approximate surface area is 110 Å². The Kier molecular flexibility index (Phi) is 5.08. The molecule has 1 unspecified atom stereocenters. The zero-order valence-corrected chi connectivity index (χ0v) is 10.4. The van der Waals surface area contributed by atoms with Crippen molar-refractivity contribution in [3.05, 3.63) is 35.4 Å². The van der Waals surface area contributed by atoms with E-state index in [0.717, 1.165) is 6.08 Å². The van der Waals surface area contributed by atoms with Gasteiger partial charge in [0, 0.05) is 11.6 Å². The molecule has 1 rings (SSSR count). The molecule has 0 amide bonds. The van der Waals surface area contributed by atoms with E-state index in [1.165, 1.54) is 13.2 Å². The van der Waals surface area contributed by atoms with Crippen molar-refractivity contribution in [2.45, 2.75) is 12.5 Å². The Bertz CT molecular complexity index is 510. The molecule has 0 saturated heterocycles. The minimum Gasteiger partial charge on any atom is -0.496 e. The van der Waals surface area contributed by atoms with Gasteiger partial charge in [-0.05, 0) is 30.2 Å². The summed E-state index contributed by atoms with van der Waals surface area (Å²) in [6.07, 6.45) is 2.53. The predicted octanol–water partition coefficient (Wildman–Crippen LogP) is 0.747. The van der Waals surface area contributed by atoms with Crippen LogP contribution in [0.1, 0.15) is 11.1 Å². The van der Waals surface area contributed by atoms with E-state index in [2.05, 4.69) is 0 Å². The summed E-state index contributed by atoms with van der Waals surface area (Å²) < 4.78 is 5.09. The fourth-order valence-corrected chi connectivity index (χ4v) is 1.54. The monoisotopic (exact) mass is 265 g/mol. The normalized spacial score (nSPS) is 12.3. The van der Waals surface area contributed by atoms with E-state index in [4.69, 9.17) is 20.7 Å². The van der Waals surface area contributed by atoms with Crippen LogP contribution in [0.25, 0.3) is 6.08 Å². The van der Waals surface area contributed by atoms with Crippen molar-refractivity contribution in [2.24, 2.45) is 5.73 Å². The Balaban J connectivity index is 3.01. The van der Waals surface area contributed by atoms with Crippen LogP contribution in [-0.4, -0.2) is 35.3 Å². The molecular weight excluding hydrogens is 250 g/mol. The number of methoxy groups -OCH3 is 1. The van der Waals surface area contributed by atoms with Crippen molar-refractivity contribution in [3.63, 3.8) is 0 Å². The third kappa shape index (κ3) is 4.44. The lowest BCUT2D eigenvalue weighted by Gasteiger charge is -2.10. The Morgan fingerprint density at radius 1 is 1.42 bits per heavy atom. The topological polar surface area (TPSA) is 110 Å². The molecule has 1 aromatic rings. The van der Waals surface area contributed by atoms with Crippen LogP contribution in [0.2, 0.25) is 0 Å². The molecule has 19 heavy (non-hydrogen) atoms. The zero-order valence-electron chi connectivity index (χ0n) is 10.4. The first-order chi connectivity index (χ1) is 8.93. The molecule has 0 spiro atoms. The van der Waals surface area contributed by atoms with Crippen LogP contribution < -0.4 is 10.5 Å². The number of carboxylic acid groups (broad SMARTS) is 2. The van der Waals surface area contributed by atoms with Gasteiger partial charge in [-0.2, -0.15) is 0 Å². The Hall–Kier alpha value is -2.34. The van der Waals surface area contributed by atoms with Gasteiger partial charge >= 0.3 is 11.9 Å². The highest BCUT2D eigenvalue weighted by molar-refractivity contribution is 5.86. The third-order valence-corrected chi connectivity index (χ3v) is 2.47. The summed E-state index contributed by atoms with van der Waals surface area (Å²) >= 11 is 0. The number of benzene rings is 1. The third-order valence-electron chi connectivity index (χ3n) is 2.47. The SMILES string of the molecule is COc1ccc(CC(N)C(=O)O)cc1C=CC(=O)O. The van der Waals surface area contributed by atoms with Gasteiger partial charge < -0.3 is 20.7 Å². The predicted molar refractivity (Wildman–Crippen MR) is 69.0 cm³/mol. The van der Waals surface area contributed by atoms with Gasteiger partial charge in [-0.3, -0.25) is 4.79 Å². The zero-order chi connectivity index (χ0) is 14.4. The van der Waals surface area contributed by atoms with Gasteiger partial charge in [-0.25, -0.2) is 4.79 Å². The lowest BCUT2D eigenvalue weighted by Crippen LogP contribution is -2.32. The van der Waals surface area contributed by atoms with Crippen molar-refractivity contribution >= 4 is 18.0 Å². The average molecular weight is 265 g/mol. The largest absolute Gasteiger partial charge is 0.496 e. The molecule has 102 valence electrons. The second-order valence-corrected chi connectivity index (χ2v) is 3.90. The molecule has 4 N–H and O–H groups in total. The van der Waals surface area contributed by atoms with Gasteiger partial charge in [-0.15, -0.1) is 0 Å². The number of hydrogen-bond acceptors (Lipinski definition) is 4. The van der Waals surface area contributed by atoms with Crippen LogP contribution in [0.15, 0.2) is 24.3 Å². The second kappa shape index (κ2) is 6.55. The first kappa shape index (κ1) is 14.7. The summed E-state index contributed by atoms with van der Waals surface area (Å²) in [5, 5.41) is 17.3. The molecule has 0 bridgehead atoms. The van der Waals surface area contributed by atoms with E-state index in [9.17, 15) is 9.59 Å². The van der Waals surface area contributed by atoms with Crippen molar-refractivity contribution in [3.8, 4) is 5.75 Å². The minimum atomic E-state index is -1.08. The lowest BCUT2D eigenvalue weighted by atomic mass is 10.0. The first-order valence-electron chi connectivity index (χ1n) is 5.50. The molecule has 0 aromatic heterocycles. The molecule has 0 radical (unpaired) electrons. The van der Waals surface area contributed by atoms with Crippen molar-refractivity contribution in [1.82, 2.24) is 0 Å². The Morgan fingerprint density at radius 2 is 2.11 bits per heavy atom. The summed E-state index contributed by atoms with van der Waals surface area (Å²) in [6.45, 7) is 0. The van der Waals surface area contributed by atoms with Crippen LogP contribution in [0.5, 0.6) is 5.75 Å². The molecular formula is C13H15NO5. The molecule has 0 aliphatic heterocycles. The second-order valence-electron chi connectivity index (χ2n) is 3.90. The quantitative estimate of drug-likeness (QED) is 0.655. The maximum absolute atomic E-state index is 10.7. The minimum absolute atomic E-state index is 0.160. The fraction of sp³-hybridized carbons (Fsp3) is 0.231. The molecule has 0 saturated carbocycles. The molecule has 0 heterocycles. The van der Waals surface area contributed by atoms with Crippen molar-refractivity contribution in [1.29, 1.82) is 0 Å². The number of ether oxygens (including phenoxy) is 1. The highest BCUT2D eigenvalue weighted by Crippen LogP contribution is 2.22. The standard InChI is InChI=1S/C13H15NO5/c1-19-11-4-2-8(7-10(14)13(17)18)6-9(11)3-5-12(15)16/h2-6,10H,7,14H2,1H3,(H,15,16)(H,17,18). The number of rotatable bonds is 6. The van der Waals surface area contributed by atoms with E-state index in [1.54, 1.807) is 18.2 Å². The van der Waals surface area contributed by atoms with Gasteiger partial charge in [0.2, 0.25) is 0 Å². The highest BCUT2D eigenvalue weighted by Gasteiger charge is 2.13. The average Bonchev–Trinajstić information content (AvgIpc) is 2.36. The van der Waals surface area contributed by atoms with E-state index in [1.807, 2.05) is 0 Å². The number of hydrogen-bond donors (Lipinski definition) is 3. The lowest BCUT2D eigenvalue weighted by molar-refractivity contribution is -0.138. The molecule has 6 nitrogen and oxygen atoms in total. The van der Waals surface area contributed by atoms with Crippen LogP contribution in [0, 0.1) is 0 Å². The summed E-state index contributed by atoms with van der Waals surface area (Å²) in [5.74, 6) is -1.65. The number of nitrogens with two attached hydrogens (primary N) is 1. The van der Waals surface area contributed by atoms with Crippen molar-refractivity contribution < 1.29 is 24.5 Å². The molecule has 1 atom stereocenters. The van der Waals surface area contributed by atoms with Gasteiger partial charge in [-0.1, -0.05) is 6.07 Å². The summed E-state index contributed by atoms with van der Waals surface area (Å²) in [5.41, 5.74) is 6.70. The maximum Gasteiger partial charge on any atom is 0.328 e. The summed E-state index contributed by atoms with van der Waals surface area (Å²) in [7, 11) is 1.47. The summed E-state index contributed by atoms with van der Waals surface area (Å²) in [6, 6.07) is 4.00. The van der Waals surface area contributed by atoms with E-state index >= 15 is 0 Å². The number of carboxylic acids is 2. The number of aliphatic carboxylic acids is 2. The molecule has 0 aliphatic carbocycles. The Morgan fingerprint density at radius 3 is 2.63 bits per heavy atom. The molecule has 6 heteroatoms. The van der Waals surface area contributed by atoms with Crippen molar-refractivity contribution in [2.75, 3.05) is 7.11 Å². The summed E-state index contributed by atoms with van der Waals surface area (Å²) in [4.78, 5) is 21.2. The first-order valence-corrected chi connectivity index (χ1v) is 5.50. The number of carbonyl (C=O) groups is 2. The van der Waals surface area contributed by atoms with Crippen LogP contribution in [-0.2, 0) is 16.0 Å². The molecule has 0 fully saturated rings. The van der Waals surface area contributed by atoms with Gasteiger partial charge in [0.15, 0.2) is 0 Å². The van der Waals surface area contributed by atoms with E-state index in [0.29, 0.717) is 16.9 Å². The fourth-order valence-electron chi connectivity index (χ4n) is 1.54.